The fourth-order valence-electron chi connectivity index (χ4n) is 1.63. The molecule has 2 rings (SSSR count). The van der Waals surface area contributed by atoms with Crippen molar-refractivity contribution in [1.29, 1.82) is 5.26 Å². The number of hydrogen-bond donors (Lipinski definition) is 1. The first-order chi connectivity index (χ1) is 8.06. The van der Waals surface area contributed by atoms with Crippen LogP contribution in [0, 0.1) is 23.0 Å². The number of aromatic nitrogens is 1. The number of phenols is 1. The Hall–Kier alpha value is -2.35. The normalized spacial score (nSPS) is 10.2. The highest BCUT2D eigenvalue weighted by Gasteiger charge is 2.16. The molecule has 1 aromatic heterocycles. The van der Waals surface area contributed by atoms with E-state index in [-0.39, 0.29) is 5.56 Å². The maximum Gasteiger partial charge on any atom is 0.201 e. The van der Waals surface area contributed by atoms with E-state index in [0.29, 0.717) is 11.4 Å². The summed E-state index contributed by atoms with van der Waals surface area (Å²) in [7, 11) is 1.58. The molecule has 0 fully saturated rings. The van der Waals surface area contributed by atoms with Crippen molar-refractivity contribution in [3.63, 3.8) is 0 Å². The predicted molar refractivity (Wildman–Crippen MR) is 57.1 cm³/mol. The van der Waals surface area contributed by atoms with Crippen LogP contribution in [0.5, 0.6) is 5.75 Å². The quantitative estimate of drug-likeness (QED) is 0.824. The summed E-state index contributed by atoms with van der Waals surface area (Å²) in [4.78, 5) is 0. The Labute approximate surface area is 96.2 Å². The highest BCUT2D eigenvalue weighted by molar-refractivity contribution is 5.63. The van der Waals surface area contributed by atoms with E-state index in [4.69, 9.17) is 10.4 Å². The Balaban J connectivity index is 2.66. The first-order valence-electron chi connectivity index (χ1n) is 4.79. The summed E-state index contributed by atoms with van der Waals surface area (Å²) in [6, 6.07) is 7.31. The van der Waals surface area contributed by atoms with Gasteiger partial charge in [0.05, 0.1) is 5.69 Å². The van der Waals surface area contributed by atoms with Gasteiger partial charge in [-0.15, -0.1) is 0 Å². The number of phenolic OH excluding ortho intramolecular Hbond substituents is 1. The van der Waals surface area contributed by atoms with Crippen molar-refractivity contribution in [2.45, 2.75) is 0 Å². The summed E-state index contributed by atoms with van der Waals surface area (Å²) in [5, 5.41) is 17.8. The smallest absolute Gasteiger partial charge is 0.201 e. The third-order valence-electron chi connectivity index (χ3n) is 2.57. The van der Waals surface area contributed by atoms with Crippen LogP contribution in [-0.2, 0) is 7.05 Å². The molecule has 86 valence electrons. The van der Waals surface area contributed by atoms with Crippen molar-refractivity contribution >= 4 is 0 Å². The molecule has 0 spiro atoms. The molecule has 1 N–H and O–H groups in total. The van der Waals surface area contributed by atoms with E-state index < -0.39 is 17.4 Å². The van der Waals surface area contributed by atoms with Gasteiger partial charge in [-0.3, -0.25) is 0 Å². The molecule has 5 heteroatoms. The number of nitrogens with zero attached hydrogens (tertiary/aromatic N) is 2. The number of rotatable bonds is 1. The average molecular weight is 234 g/mol. The van der Waals surface area contributed by atoms with E-state index >= 15 is 0 Å². The molecule has 3 nitrogen and oxygen atoms in total. The molecule has 0 radical (unpaired) electrons. The fraction of sp³-hybridized carbons (Fsp3) is 0.0833. The summed E-state index contributed by atoms with van der Waals surface area (Å²) in [6.45, 7) is 0. The maximum absolute atomic E-state index is 13.6. The Morgan fingerprint density at radius 3 is 2.47 bits per heavy atom. The monoisotopic (exact) mass is 234 g/mol. The van der Waals surface area contributed by atoms with E-state index in [2.05, 4.69) is 0 Å². The minimum Gasteiger partial charge on any atom is -0.505 e. The molecular weight excluding hydrogens is 226 g/mol. The van der Waals surface area contributed by atoms with Gasteiger partial charge in [0.1, 0.15) is 11.8 Å². The van der Waals surface area contributed by atoms with E-state index in [1.807, 2.05) is 6.07 Å². The Morgan fingerprint density at radius 2 is 1.88 bits per heavy atom. The number of aromatic hydroxyl groups is 1. The standard InChI is InChI=1S/C12H8F2N2O/c1-16-7(6-15)2-4-9(16)8-3-5-10(17)12(14)11(8)13/h2-5,17H,1H3. The predicted octanol–water partition coefficient (Wildman–Crippen LogP) is 2.55. The number of hydrogen-bond acceptors (Lipinski definition) is 2. The molecule has 0 amide bonds. The van der Waals surface area contributed by atoms with Crippen LogP contribution in [-0.4, -0.2) is 9.67 Å². The van der Waals surface area contributed by atoms with Gasteiger partial charge in [0.25, 0.3) is 0 Å². The van der Waals surface area contributed by atoms with E-state index in [0.717, 1.165) is 6.07 Å². The fourth-order valence-corrected chi connectivity index (χ4v) is 1.63. The van der Waals surface area contributed by atoms with Crippen LogP contribution >= 0.6 is 0 Å². The minimum atomic E-state index is -1.29. The summed E-state index contributed by atoms with van der Waals surface area (Å²) in [5.74, 6) is -3.15. The zero-order chi connectivity index (χ0) is 12.6. The van der Waals surface area contributed by atoms with Crippen LogP contribution in [0.2, 0.25) is 0 Å². The molecular formula is C12H8F2N2O. The molecule has 0 saturated heterocycles. The topological polar surface area (TPSA) is 49.0 Å². The van der Waals surface area contributed by atoms with Gasteiger partial charge in [-0.25, -0.2) is 4.39 Å². The highest BCUT2D eigenvalue weighted by atomic mass is 19.2. The van der Waals surface area contributed by atoms with Crippen molar-refractivity contribution in [1.82, 2.24) is 4.57 Å². The molecule has 0 aliphatic carbocycles. The van der Waals surface area contributed by atoms with Crippen molar-refractivity contribution in [2.75, 3.05) is 0 Å². The largest absolute Gasteiger partial charge is 0.505 e. The van der Waals surface area contributed by atoms with Gasteiger partial charge in [0.15, 0.2) is 11.6 Å². The maximum atomic E-state index is 13.6. The minimum absolute atomic E-state index is 0.00398. The summed E-state index contributed by atoms with van der Waals surface area (Å²) in [6.07, 6.45) is 0. The Morgan fingerprint density at radius 1 is 1.18 bits per heavy atom. The molecule has 0 atom stereocenters. The zero-order valence-corrected chi connectivity index (χ0v) is 8.91. The van der Waals surface area contributed by atoms with Gasteiger partial charge in [-0.05, 0) is 24.3 Å². The second kappa shape index (κ2) is 3.91. The molecule has 0 aliphatic heterocycles. The highest BCUT2D eigenvalue weighted by Crippen LogP contribution is 2.29. The van der Waals surface area contributed by atoms with E-state index in [1.54, 1.807) is 7.05 Å². The van der Waals surface area contributed by atoms with Gasteiger partial charge in [-0.2, -0.15) is 9.65 Å². The molecule has 2 aromatic rings. The zero-order valence-electron chi connectivity index (χ0n) is 8.91. The van der Waals surface area contributed by atoms with E-state index in [9.17, 15) is 8.78 Å². The lowest BCUT2D eigenvalue weighted by Gasteiger charge is -2.07. The lowest BCUT2D eigenvalue weighted by molar-refractivity contribution is 0.408. The van der Waals surface area contributed by atoms with Gasteiger partial charge in [0, 0.05) is 12.6 Å². The van der Waals surface area contributed by atoms with Crippen LogP contribution in [0.1, 0.15) is 5.69 Å². The van der Waals surface area contributed by atoms with Crippen LogP contribution in [0.3, 0.4) is 0 Å². The van der Waals surface area contributed by atoms with Gasteiger partial charge >= 0.3 is 0 Å². The number of benzene rings is 1. The van der Waals surface area contributed by atoms with Crippen LogP contribution in [0.4, 0.5) is 8.78 Å². The molecule has 17 heavy (non-hydrogen) atoms. The number of nitriles is 1. The van der Waals surface area contributed by atoms with Crippen molar-refractivity contribution in [3.05, 3.63) is 41.6 Å². The summed E-state index contributed by atoms with van der Waals surface area (Å²) < 4.78 is 28.3. The molecule has 0 unspecified atom stereocenters. The Bertz CT molecular complexity index is 626. The van der Waals surface area contributed by atoms with Crippen LogP contribution in [0.15, 0.2) is 24.3 Å². The van der Waals surface area contributed by atoms with Crippen molar-refractivity contribution in [2.24, 2.45) is 7.05 Å². The average Bonchev–Trinajstić information content (AvgIpc) is 2.68. The third-order valence-corrected chi connectivity index (χ3v) is 2.57. The van der Waals surface area contributed by atoms with Crippen molar-refractivity contribution < 1.29 is 13.9 Å². The SMILES string of the molecule is Cn1c(C#N)ccc1-c1ccc(O)c(F)c1F. The lowest BCUT2D eigenvalue weighted by Crippen LogP contribution is -1.98. The lowest BCUT2D eigenvalue weighted by atomic mass is 10.1. The molecule has 0 aliphatic rings. The van der Waals surface area contributed by atoms with Crippen LogP contribution < -0.4 is 0 Å². The van der Waals surface area contributed by atoms with Gasteiger partial charge < -0.3 is 9.67 Å². The van der Waals surface area contributed by atoms with Gasteiger partial charge in [-0.1, -0.05) is 0 Å². The molecule has 0 bridgehead atoms. The van der Waals surface area contributed by atoms with E-state index in [1.165, 1.54) is 22.8 Å². The molecule has 1 aromatic carbocycles. The first kappa shape index (κ1) is 11.1. The first-order valence-corrected chi connectivity index (χ1v) is 4.79. The molecule has 1 heterocycles. The second-order valence-corrected chi connectivity index (χ2v) is 3.53. The van der Waals surface area contributed by atoms with Gasteiger partial charge in [0.2, 0.25) is 5.82 Å². The summed E-state index contributed by atoms with van der Waals surface area (Å²) in [5.41, 5.74) is 0.718. The third kappa shape index (κ3) is 1.64. The Kier molecular flexibility index (Phi) is 2.56. The van der Waals surface area contributed by atoms with Crippen molar-refractivity contribution in [3.8, 4) is 23.1 Å². The number of halogens is 2. The molecule has 0 saturated carbocycles. The van der Waals surface area contributed by atoms with Crippen LogP contribution in [0.25, 0.3) is 11.3 Å². The second-order valence-electron chi connectivity index (χ2n) is 3.53. The summed E-state index contributed by atoms with van der Waals surface area (Å²) >= 11 is 0.